The molecular weight excluding hydrogens is 400 g/mol. The van der Waals surface area contributed by atoms with E-state index in [1.54, 1.807) is 12.1 Å². The number of oxime groups is 1. The van der Waals surface area contributed by atoms with E-state index >= 15 is 0 Å². The fraction of sp³-hybridized carbons (Fsp3) is 0.348. The van der Waals surface area contributed by atoms with Crippen LogP contribution < -0.4 is 0 Å². The Balaban J connectivity index is 1.99. The van der Waals surface area contributed by atoms with Gasteiger partial charge in [0.1, 0.15) is 0 Å². The lowest BCUT2D eigenvalue weighted by Gasteiger charge is -2.12. The number of carbonyl (C=O) groups excluding carboxylic acids is 1. The van der Waals surface area contributed by atoms with E-state index in [1.807, 2.05) is 32.0 Å². The van der Waals surface area contributed by atoms with Gasteiger partial charge in [0, 0.05) is 30.9 Å². The minimum absolute atomic E-state index is 0.0202. The number of fused-ring (bicyclic) bond motifs is 3. The first kappa shape index (κ1) is 22.1. The average Bonchev–Trinajstić information content (AvgIpc) is 3.05. The lowest BCUT2D eigenvalue weighted by molar-refractivity contribution is -0.384. The van der Waals surface area contributed by atoms with E-state index in [9.17, 15) is 19.7 Å². The van der Waals surface area contributed by atoms with Crippen LogP contribution in [0.15, 0.2) is 41.6 Å². The molecular formula is C23H24N2O6. The summed E-state index contributed by atoms with van der Waals surface area (Å²) in [5.74, 6) is -1.46. The molecule has 8 heteroatoms. The van der Waals surface area contributed by atoms with Crippen LogP contribution in [0.5, 0.6) is 0 Å². The third-order valence-electron chi connectivity index (χ3n) is 5.37. The molecule has 1 aliphatic rings. The van der Waals surface area contributed by atoms with E-state index in [4.69, 9.17) is 9.94 Å². The maximum absolute atomic E-state index is 11.7. The Morgan fingerprint density at radius 2 is 1.74 bits per heavy atom. The van der Waals surface area contributed by atoms with Crippen LogP contribution in [0.2, 0.25) is 0 Å². The van der Waals surface area contributed by atoms with Crippen molar-refractivity contribution in [3.63, 3.8) is 0 Å². The number of hydrogen-bond acceptors (Lipinski definition) is 6. The molecule has 3 rings (SSSR count). The number of nitro benzene ring substituents is 1. The Labute approximate surface area is 179 Å². The van der Waals surface area contributed by atoms with E-state index in [2.05, 4.69) is 5.16 Å². The largest absolute Gasteiger partial charge is 0.481 e. The molecule has 162 valence electrons. The predicted molar refractivity (Wildman–Crippen MR) is 115 cm³/mol. The highest BCUT2D eigenvalue weighted by atomic mass is 16.7. The van der Waals surface area contributed by atoms with E-state index in [-0.39, 0.29) is 30.9 Å². The van der Waals surface area contributed by atoms with Crippen molar-refractivity contribution >= 4 is 23.3 Å². The molecule has 0 saturated heterocycles. The Morgan fingerprint density at radius 3 is 2.35 bits per heavy atom. The van der Waals surface area contributed by atoms with Gasteiger partial charge in [0.25, 0.3) is 5.69 Å². The van der Waals surface area contributed by atoms with Gasteiger partial charge in [-0.15, -0.1) is 0 Å². The van der Waals surface area contributed by atoms with E-state index < -0.39 is 16.9 Å². The van der Waals surface area contributed by atoms with Gasteiger partial charge >= 0.3 is 11.9 Å². The molecule has 0 radical (unpaired) electrons. The lowest BCUT2D eigenvalue weighted by Crippen LogP contribution is -2.09. The third-order valence-corrected chi connectivity index (χ3v) is 5.37. The Hall–Kier alpha value is -3.55. The van der Waals surface area contributed by atoms with Crippen molar-refractivity contribution in [3.05, 3.63) is 63.2 Å². The Morgan fingerprint density at radius 1 is 1.06 bits per heavy atom. The summed E-state index contributed by atoms with van der Waals surface area (Å²) in [6.07, 6.45) is 1.57. The number of aliphatic carboxylic acids is 1. The predicted octanol–water partition coefficient (Wildman–Crippen LogP) is 5.03. The molecule has 1 aliphatic carbocycles. The first-order valence-corrected chi connectivity index (χ1v) is 10.3. The van der Waals surface area contributed by atoms with Gasteiger partial charge in [-0.25, -0.2) is 4.79 Å². The Kier molecular flexibility index (Phi) is 6.79. The SMILES string of the molecule is CCCC(=O)ON=C(CCC(=O)O)c1ccc2c(c1)C(CC)c1cc([N+](=O)[O-])ccc1-2. The zero-order valence-corrected chi connectivity index (χ0v) is 17.5. The van der Waals surface area contributed by atoms with Crippen molar-refractivity contribution < 1.29 is 24.5 Å². The number of rotatable bonds is 9. The molecule has 0 fully saturated rings. The minimum Gasteiger partial charge on any atom is -0.481 e. The van der Waals surface area contributed by atoms with Gasteiger partial charge in [0.05, 0.1) is 17.1 Å². The molecule has 1 N–H and O–H groups in total. The molecule has 0 bridgehead atoms. The van der Waals surface area contributed by atoms with Gasteiger partial charge < -0.3 is 9.94 Å². The zero-order chi connectivity index (χ0) is 22.5. The van der Waals surface area contributed by atoms with Crippen LogP contribution in [0.3, 0.4) is 0 Å². The molecule has 0 aromatic heterocycles. The van der Waals surface area contributed by atoms with Crippen molar-refractivity contribution in [3.8, 4) is 11.1 Å². The fourth-order valence-corrected chi connectivity index (χ4v) is 3.90. The first-order chi connectivity index (χ1) is 14.8. The van der Waals surface area contributed by atoms with Crippen molar-refractivity contribution in [2.45, 2.75) is 51.9 Å². The van der Waals surface area contributed by atoms with Gasteiger partial charge in [-0.2, -0.15) is 0 Å². The minimum atomic E-state index is -0.972. The molecule has 0 saturated carbocycles. The standard InChI is InChI=1S/C23H24N2O6/c1-3-5-23(28)31-24-21(10-11-22(26)27)14-6-8-17-18-9-7-15(25(29)30)13-20(18)16(4-2)19(17)12-14/h6-9,12-13,16H,3-5,10-11H2,1-2H3,(H,26,27). The number of benzene rings is 2. The van der Waals surface area contributed by atoms with Crippen molar-refractivity contribution in [1.29, 1.82) is 0 Å². The van der Waals surface area contributed by atoms with Gasteiger partial charge in [-0.3, -0.25) is 14.9 Å². The number of nitro groups is 1. The molecule has 0 heterocycles. The van der Waals surface area contributed by atoms with Crippen LogP contribution in [-0.4, -0.2) is 27.7 Å². The molecule has 8 nitrogen and oxygen atoms in total. The van der Waals surface area contributed by atoms with Crippen LogP contribution in [0.1, 0.15) is 68.6 Å². The number of nitrogens with zero attached hydrogens (tertiary/aromatic N) is 2. The Bertz CT molecular complexity index is 1060. The lowest BCUT2D eigenvalue weighted by atomic mass is 9.92. The summed E-state index contributed by atoms with van der Waals surface area (Å²) in [7, 11) is 0. The van der Waals surface area contributed by atoms with Crippen LogP contribution in [0.25, 0.3) is 11.1 Å². The van der Waals surface area contributed by atoms with E-state index in [0.717, 1.165) is 28.7 Å². The first-order valence-electron chi connectivity index (χ1n) is 10.3. The summed E-state index contributed by atoms with van der Waals surface area (Å²) in [6, 6.07) is 10.5. The number of hydrogen-bond donors (Lipinski definition) is 1. The maximum Gasteiger partial charge on any atom is 0.335 e. The normalized spacial score (nSPS) is 14.6. The second kappa shape index (κ2) is 9.51. The second-order valence-corrected chi connectivity index (χ2v) is 7.44. The molecule has 0 aliphatic heterocycles. The van der Waals surface area contributed by atoms with Crippen molar-refractivity contribution in [2.24, 2.45) is 5.16 Å². The number of non-ortho nitro benzene ring substituents is 1. The quantitative estimate of drug-likeness (QED) is 0.261. The summed E-state index contributed by atoms with van der Waals surface area (Å²) < 4.78 is 0. The van der Waals surface area contributed by atoms with Crippen LogP contribution in [-0.2, 0) is 14.4 Å². The highest BCUT2D eigenvalue weighted by molar-refractivity contribution is 6.02. The summed E-state index contributed by atoms with van der Waals surface area (Å²) in [5.41, 5.74) is 4.95. The molecule has 2 aromatic carbocycles. The summed E-state index contributed by atoms with van der Waals surface area (Å²) in [4.78, 5) is 38.6. The maximum atomic E-state index is 11.7. The van der Waals surface area contributed by atoms with Gasteiger partial charge in [0.2, 0.25) is 0 Å². The van der Waals surface area contributed by atoms with E-state index in [0.29, 0.717) is 17.7 Å². The zero-order valence-electron chi connectivity index (χ0n) is 17.5. The van der Waals surface area contributed by atoms with Gasteiger partial charge in [-0.1, -0.05) is 31.1 Å². The fourth-order valence-electron chi connectivity index (χ4n) is 3.90. The van der Waals surface area contributed by atoms with Gasteiger partial charge in [-0.05, 0) is 52.8 Å². The number of carboxylic acids is 1. The molecule has 0 spiro atoms. The summed E-state index contributed by atoms with van der Waals surface area (Å²) in [5, 5.41) is 24.3. The van der Waals surface area contributed by atoms with Crippen molar-refractivity contribution in [1.82, 2.24) is 0 Å². The monoisotopic (exact) mass is 424 g/mol. The molecule has 0 amide bonds. The topological polar surface area (TPSA) is 119 Å². The molecule has 2 aromatic rings. The molecule has 31 heavy (non-hydrogen) atoms. The van der Waals surface area contributed by atoms with Crippen LogP contribution in [0, 0.1) is 10.1 Å². The number of carboxylic acid groups (broad SMARTS) is 1. The summed E-state index contributed by atoms with van der Waals surface area (Å²) >= 11 is 0. The molecule has 1 unspecified atom stereocenters. The van der Waals surface area contributed by atoms with Crippen molar-refractivity contribution in [2.75, 3.05) is 0 Å². The van der Waals surface area contributed by atoms with Crippen LogP contribution >= 0.6 is 0 Å². The third kappa shape index (κ3) is 4.79. The van der Waals surface area contributed by atoms with E-state index in [1.165, 1.54) is 6.07 Å². The molecule has 1 atom stereocenters. The second-order valence-electron chi connectivity index (χ2n) is 7.44. The van der Waals surface area contributed by atoms with Crippen LogP contribution in [0.4, 0.5) is 5.69 Å². The smallest absolute Gasteiger partial charge is 0.335 e. The highest BCUT2D eigenvalue weighted by Crippen LogP contribution is 2.47. The van der Waals surface area contributed by atoms with Gasteiger partial charge in [0.15, 0.2) is 0 Å². The number of carbonyl (C=O) groups is 2. The average molecular weight is 424 g/mol. The highest BCUT2D eigenvalue weighted by Gasteiger charge is 2.30. The summed E-state index contributed by atoms with van der Waals surface area (Å²) in [6.45, 7) is 3.87.